The van der Waals surface area contributed by atoms with Crippen molar-refractivity contribution in [1.29, 1.82) is 0 Å². The second-order valence-electron chi connectivity index (χ2n) is 3.61. The molecule has 1 aliphatic rings. The zero-order chi connectivity index (χ0) is 11.3. The number of ether oxygens (including phenoxy) is 2. The Morgan fingerprint density at radius 3 is 2.56 bits per heavy atom. The highest BCUT2D eigenvalue weighted by Crippen LogP contribution is 2.42. The number of hydrogen-bond acceptors (Lipinski definition) is 3. The Hall–Kier alpha value is -1.91. The third-order valence-electron chi connectivity index (χ3n) is 2.35. The van der Waals surface area contributed by atoms with Crippen molar-refractivity contribution in [3.05, 3.63) is 30.0 Å². The number of alkyl halides is 2. The van der Waals surface area contributed by atoms with E-state index in [9.17, 15) is 8.78 Å². The smallest absolute Gasteiger partial charge is 0.395 e. The van der Waals surface area contributed by atoms with E-state index in [-0.39, 0.29) is 11.5 Å². The minimum Gasteiger partial charge on any atom is -0.395 e. The van der Waals surface area contributed by atoms with Gasteiger partial charge in [-0.3, -0.25) is 4.98 Å². The Kier molecular flexibility index (Phi) is 1.64. The molecule has 0 bridgehead atoms. The van der Waals surface area contributed by atoms with Crippen molar-refractivity contribution in [1.82, 2.24) is 4.98 Å². The topological polar surface area (TPSA) is 31.4 Å². The van der Waals surface area contributed by atoms with Crippen LogP contribution in [0.3, 0.4) is 0 Å². The third kappa shape index (κ3) is 1.36. The fraction of sp³-hybridized carbons (Fsp3) is 0.182. The lowest BCUT2D eigenvalue weighted by molar-refractivity contribution is -0.286. The number of rotatable bonds is 0. The van der Waals surface area contributed by atoms with Gasteiger partial charge < -0.3 is 9.47 Å². The summed E-state index contributed by atoms with van der Waals surface area (Å²) >= 11 is 0. The summed E-state index contributed by atoms with van der Waals surface area (Å²) in [5.41, 5.74) is 1.43. The maximum absolute atomic E-state index is 12.8. The van der Waals surface area contributed by atoms with Crippen LogP contribution in [0.4, 0.5) is 8.78 Å². The molecule has 0 unspecified atom stereocenters. The molecule has 3 nitrogen and oxygen atoms in total. The van der Waals surface area contributed by atoms with Crippen molar-refractivity contribution < 1.29 is 18.3 Å². The first-order valence-electron chi connectivity index (χ1n) is 4.71. The minimum absolute atomic E-state index is 0.0237. The standard InChI is InChI=1S/C11H7F2NO2/c1-6-2-3-7-4-9-10(5-8(7)14-6)16-11(12,13)15-9/h2-5H,1H3. The van der Waals surface area contributed by atoms with E-state index in [0.29, 0.717) is 5.52 Å². The molecule has 82 valence electrons. The van der Waals surface area contributed by atoms with Crippen LogP contribution in [0.1, 0.15) is 5.69 Å². The van der Waals surface area contributed by atoms with Gasteiger partial charge in [0, 0.05) is 17.1 Å². The van der Waals surface area contributed by atoms with E-state index >= 15 is 0 Å². The molecule has 0 N–H and O–H groups in total. The summed E-state index contributed by atoms with van der Waals surface area (Å²) in [6.07, 6.45) is -3.57. The average Bonchev–Trinajstić information content (AvgIpc) is 2.47. The largest absolute Gasteiger partial charge is 0.586 e. The molecule has 2 heterocycles. The first-order chi connectivity index (χ1) is 7.53. The summed E-state index contributed by atoms with van der Waals surface area (Å²) < 4.78 is 34.3. The van der Waals surface area contributed by atoms with Gasteiger partial charge in [0.05, 0.1) is 5.52 Å². The van der Waals surface area contributed by atoms with Crippen LogP contribution in [0, 0.1) is 6.92 Å². The van der Waals surface area contributed by atoms with Gasteiger partial charge in [-0.1, -0.05) is 6.07 Å². The molecule has 3 rings (SSSR count). The summed E-state index contributed by atoms with van der Waals surface area (Å²) in [6.45, 7) is 1.83. The monoisotopic (exact) mass is 223 g/mol. The van der Waals surface area contributed by atoms with E-state index in [2.05, 4.69) is 14.5 Å². The van der Waals surface area contributed by atoms with Gasteiger partial charge in [0.1, 0.15) is 0 Å². The second kappa shape index (κ2) is 2.81. The van der Waals surface area contributed by atoms with Gasteiger partial charge in [-0.25, -0.2) is 0 Å². The molecule has 1 aromatic heterocycles. The van der Waals surface area contributed by atoms with Crippen LogP contribution in [0.5, 0.6) is 11.5 Å². The SMILES string of the molecule is Cc1ccc2cc3c(cc2n1)OC(F)(F)O3. The summed E-state index contributed by atoms with van der Waals surface area (Å²) in [5.74, 6) is 0.0683. The van der Waals surface area contributed by atoms with E-state index in [0.717, 1.165) is 11.1 Å². The van der Waals surface area contributed by atoms with Crippen LogP contribution in [0.15, 0.2) is 24.3 Å². The number of fused-ring (bicyclic) bond motifs is 2. The van der Waals surface area contributed by atoms with E-state index in [1.165, 1.54) is 12.1 Å². The van der Waals surface area contributed by atoms with Crippen molar-refractivity contribution >= 4 is 10.9 Å². The quantitative estimate of drug-likeness (QED) is 0.688. The number of nitrogens with zero attached hydrogens (tertiary/aromatic N) is 1. The predicted octanol–water partition coefficient (Wildman–Crippen LogP) is 2.86. The molecule has 1 aliphatic heterocycles. The normalized spacial score (nSPS) is 16.7. The number of benzene rings is 1. The fourth-order valence-corrected chi connectivity index (χ4v) is 1.67. The number of pyridine rings is 1. The summed E-state index contributed by atoms with van der Waals surface area (Å²) in [4.78, 5) is 4.22. The molecule has 0 atom stereocenters. The minimum atomic E-state index is -3.57. The lowest BCUT2D eigenvalue weighted by Gasteiger charge is -2.04. The highest BCUT2D eigenvalue weighted by Gasteiger charge is 2.43. The molecule has 0 aliphatic carbocycles. The molecule has 0 amide bonds. The molecule has 0 radical (unpaired) electrons. The van der Waals surface area contributed by atoms with Crippen LogP contribution < -0.4 is 9.47 Å². The van der Waals surface area contributed by atoms with Gasteiger partial charge >= 0.3 is 6.29 Å². The summed E-state index contributed by atoms with van der Waals surface area (Å²) in [6, 6.07) is 6.57. The van der Waals surface area contributed by atoms with Gasteiger partial charge in [0.2, 0.25) is 0 Å². The molecule has 5 heteroatoms. The molecular weight excluding hydrogens is 216 g/mol. The summed E-state index contributed by atoms with van der Waals surface area (Å²) in [5, 5.41) is 0.741. The van der Waals surface area contributed by atoms with Crippen LogP contribution in [0.2, 0.25) is 0 Å². The first kappa shape index (κ1) is 9.33. The van der Waals surface area contributed by atoms with Crippen LogP contribution in [-0.2, 0) is 0 Å². The van der Waals surface area contributed by atoms with Crippen LogP contribution in [-0.4, -0.2) is 11.3 Å². The molecule has 0 saturated heterocycles. The van der Waals surface area contributed by atoms with Gasteiger partial charge in [0.25, 0.3) is 0 Å². The number of hydrogen-bond donors (Lipinski definition) is 0. The Balaban J connectivity index is 2.22. The maximum atomic E-state index is 12.8. The zero-order valence-corrected chi connectivity index (χ0v) is 8.33. The van der Waals surface area contributed by atoms with E-state index in [1.54, 1.807) is 6.07 Å². The molecule has 0 saturated carbocycles. The van der Waals surface area contributed by atoms with Crippen molar-refractivity contribution in [2.24, 2.45) is 0 Å². The maximum Gasteiger partial charge on any atom is 0.586 e. The molecule has 0 fully saturated rings. The van der Waals surface area contributed by atoms with Crippen molar-refractivity contribution in [3.8, 4) is 11.5 Å². The number of halogens is 2. The molecular formula is C11H7F2NO2. The average molecular weight is 223 g/mol. The van der Waals surface area contributed by atoms with Gasteiger partial charge in [-0.05, 0) is 19.1 Å². The van der Waals surface area contributed by atoms with Gasteiger partial charge in [-0.15, -0.1) is 8.78 Å². The Labute approximate surface area is 89.6 Å². The van der Waals surface area contributed by atoms with Crippen LogP contribution in [0.25, 0.3) is 10.9 Å². The molecule has 2 aromatic rings. The van der Waals surface area contributed by atoms with Crippen molar-refractivity contribution in [2.45, 2.75) is 13.2 Å². The zero-order valence-electron chi connectivity index (χ0n) is 8.33. The summed E-state index contributed by atoms with van der Waals surface area (Å²) in [7, 11) is 0. The second-order valence-corrected chi connectivity index (χ2v) is 3.61. The molecule has 0 spiro atoms. The molecule has 16 heavy (non-hydrogen) atoms. The Morgan fingerprint density at radius 1 is 1.12 bits per heavy atom. The lowest BCUT2D eigenvalue weighted by atomic mass is 10.2. The predicted molar refractivity (Wildman–Crippen MR) is 52.7 cm³/mol. The Bertz CT molecular complexity index is 583. The highest BCUT2D eigenvalue weighted by molar-refractivity contribution is 5.83. The van der Waals surface area contributed by atoms with Gasteiger partial charge in [0.15, 0.2) is 11.5 Å². The van der Waals surface area contributed by atoms with Crippen molar-refractivity contribution in [2.75, 3.05) is 0 Å². The van der Waals surface area contributed by atoms with Crippen LogP contribution >= 0.6 is 0 Å². The van der Waals surface area contributed by atoms with Gasteiger partial charge in [-0.2, -0.15) is 0 Å². The Morgan fingerprint density at radius 2 is 1.81 bits per heavy atom. The fourth-order valence-electron chi connectivity index (χ4n) is 1.67. The van der Waals surface area contributed by atoms with Crippen molar-refractivity contribution in [3.63, 3.8) is 0 Å². The van der Waals surface area contributed by atoms with E-state index < -0.39 is 6.29 Å². The van der Waals surface area contributed by atoms with E-state index in [4.69, 9.17) is 0 Å². The number of aromatic nitrogens is 1. The first-order valence-corrected chi connectivity index (χ1v) is 4.71. The molecule has 1 aromatic carbocycles. The lowest BCUT2D eigenvalue weighted by Crippen LogP contribution is -2.25. The number of aryl methyl sites for hydroxylation is 1. The third-order valence-corrected chi connectivity index (χ3v) is 2.35. The highest BCUT2D eigenvalue weighted by atomic mass is 19.3. The van der Waals surface area contributed by atoms with E-state index in [1.807, 2.05) is 13.0 Å².